The quantitative estimate of drug-likeness (QED) is 0.807. The molecule has 0 saturated heterocycles. The van der Waals surface area contributed by atoms with E-state index in [2.05, 4.69) is 28.7 Å². The second-order valence-corrected chi connectivity index (χ2v) is 4.26. The van der Waals surface area contributed by atoms with E-state index in [1.807, 2.05) is 13.2 Å². The van der Waals surface area contributed by atoms with Crippen LogP contribution in [0.4, 0.5) is 0 Å². The first kappa shape index (κ1) is 9.36. The predicted molar refractivity (Wildman–Crippen MR) is 56.1 cm³/mol. The first-order valence-corrected chi connectivity index (χ1v) is 5.21. The maximum absolute atomic E-state index is 6.04. The fourth-order valence-electron chi connectivity index (χ4n) is 1.27. The van der Waals surface area contributed by atoms with Crippen molar-refractivity contribution in [1.29, 1.82) is 0 Å². The van der Waals surface area contributed by atoms with Crippen molar-refractivity contribution in [2.75, 3.05) is 0 Å². The van der Waals surface area contributed by atoms with E-state index in [0.29, 0.717) is 0 Å². The monoisotopic (exact) mass is 208 g/mol. The smallest absolute Gasteiger partial charge is 0.105 e. The molecule has 2 aromatic heterocycles. The molecule has 1 unspecified atom stereocenters. The van der Waals surface area contributed by atoms with E-state index in [4.69, 9.17) is 5.73 Å². The zero-order valence-corrected chi connectivity index (χ0v) is 8.95. The summed E-state index contributed by atoms with van der Waals surface area (Å²) in [7, 11) is 1.84. The molecule has 0 bridgehead atoms. The fourth-order valence-corrected chi connectivity index (χ4v) is 2.18. The van der Waals surface area contributed by atoms with Gasteiger partial charge >= 0.3 is 0 Å². The number of nitrogens with two attached hydrogens (primary N) is 1. The van der Waals surface area contributed by atoms with Gasteiger partial charge in [0.15, 0.2) is 0 Å². The van der Waals surface area contributed by atoms with Gasteiger partial charge in [-0.25, -0.2) is 0 Å². The summed E-state index contributed by atoms with van der Waals surface area (Å²) >= 11 is 1.66. The Bertz CT molecular complexity index is 391. The molecule has 0 spiro atoms. The third kappa shape index (κ3) is 1.69. The van der Waals surface area contributed by atoms with Crippen LogP contribution < -0.4 is 5.73 Å². The highest BCUT2D eigenvalue weighted by Gasteiger charge is 2.13. The fraction of sp³-hybridized carbons (Fsp3) is 0.333. The third-order valence-corrected chi connectivity index (χ3v) is 3.13. The lowest BCUT2D eigenvalue weighted by atomic mass is 10.2. The summed E-state index contributed by atoms with van der Waals surface area (Å²) in [4.78, 5) is 1.13. The van der Waals surface area contributed by atoms with Crippen molar-refractivity contribution in [2.24, 2.45) is 12.8 Å². The van der Waals surface area contributed by atoms with Crippen LogP contribution in [-0.2, 0) is 7.05 Å². The molecule has 2 rings (SSSR count). The summed E-state index contributed by atoms with van der Waals surface area (Å²) in [5.74, 6) is 0. The molecule has 0 aliphatic carbocycles. The summed E-state index contributed by atoms with van der Waals surface area (Å²) in [5.41, 5.74) is 8.09. The number of nitrogens with zero attached hydrogens (tertiary/aromatic N) is 3. The van der Waals surface area contributed by atoms with Gasteiger partial charge in [0, 0.05) is 11.9 Å². The van der Waals surface area contributed by atoms with Crippen LogP contribution in [-0.4, -0.2) is 15.0 Å². The summed E-state index contributed by atoms with van der Waals surface area (Å²) in [6.07, 6.45) is 1.85. The van der Waals surface area contributed by atoms with Crippen molar-refractivity contribution in [3.05, 3.63) is 33.8 Å². The van der Waals surface area contributed by atoms with Crippen LogP contribution in [0.3, 0.4) is 0 Å². The number of rotatable bonds is 2. The summed E-state index contributed by atoms with van der Waals surface area (Å²) in [5, 5.41) is 9.95. The lowest BCUT2D eigenvalue weighted by Gasteiger charge is -2.03. The molecule has 1 atom stereocenters. The van der Waals surface area contributed by atoms with Crippen LogP contribution in [0.1, 0.15) is 22.2 Å². The Labute approximate surface area is 86.4 Å². The standard InChI is InChI=1S/C9H12N4S/c1-6-3-8(14-5-6)9(10)7-4-13(2)12-11-7/h3-5,9H,10H2,1-2H3. The van der Waals surface area contributed by atoms with Crippen LogP contribution in [0, 0.1) is 6.92 Å². The maximum Gasteiger partial charge on any atom is 0.105 e. The van der Waals surface area contributed by atoms with Gasteiger partial charge in [0.05, 0.1) is 12.2 Å². The lowest BCUT2D eigenvalue weighted by Crippen LogP contribution is -2.10. The highest BCUT2D eigenvalue weighted by molar-refractivity contribution is 7.10. The van der Waals surface area contributed by atoms with Crippen LogP contribution >= 0.6 is 11.3 Å². The molecule has 74 valence electrons. The average Bonchev–Trinajstić information content (AvgIpc) is 2.73. The molecule has 2 aromatic rings. The minimum absolute atomic E-state index is 0.151. The highest BCUT2D eigenvalue weighted by atomic mass is 32.1. The number of aromatic nitrogens is 3. The molecule has 0 aliphatic rings. The van der Waals surface area contributed by atoms with Crippen molar-refractivity contribution >= 4 is 11.3 Å². The second kappa shape index (κ2) is 3.51. The van der Waals surface area contributed by atoms with Gasteiger partial charge < -0.3 is 5.73 Å². The van der Waals surface area contributed by atoms with E-state index in [-0.39, 0.29) is 6.04 Å². The van der Waals surface area contributed by atoms with Crippen LogP contribution in [0.5, 0.6) is 0 Å². The van der Waals surface area contributed by atoms with Gasteiger partial charge in [-0.05, 0) is 23.9 Å². The van der Waals surface area contributed by atoms with Crippen LogP contribution in [0.25, 0.3) is 0 Å². The number of aryl methyl sites for hydroxylation is 2. The molecule has 14 heavy (non-hydrogen) atoms. The van der Waals surface area contributed by atoms with Crippen molar-refractivity contribution < 1.29 is 0 Å². The molecular weight excluding hydrogens is 196 g/mol. The SMILES string of the molecule is Cc1csc(C(N)c2cn(C)nn2)c1. The van der Waals surface area contributed by atoms with Gasteiger partial charge in [0.2, 0.25) is 0 Å². The Balaban J connectivity index is 2.28. The van der Waals surface area contributed by atoms with Gasteiger partial charge in [0.25, 0.3) is 0 Å². The Morgan fingerprint density at radius 1 is 1.57 bits per heavy atom. The minimum atomic E-state index is -0.151. The molecule has 2 N–H and O–H groups in total. The minimum Gasteiger partial charge on any atom is -0.318 e. The summed E-state index contributed by atoms with van der Waals surface area (Å²) in [6, 6.07) is 1.94. The van der Waals surface area contributed by atoms with Gasteiger partial charge in [-0.1, -0.05) is 5.21 Å². The molecule has 5 heteroatoms. The van der Waals surface area contributed by atoms with Crippen molar-refractivity contribution in [3.8, 4) is 0 Å². The molecule has 0 aromatic carbocycles. The van der Waals surface area contributed by atoms with Gasteiger partial charge in [-0.15, -0.1) is 16.4 Å². The Morgan fingerprint density at radius 2 is 2.36 bits per heavy atom. The molecule has 2 heterocycles. The lowest BCUT2D eigenvalue weighted by molar-refractivity contribution is 0.711. The van der Waals surface area contributed by atoms with Crippen LogP contribution in [0.15, 0.2) is 17.6 Å². The number of thiophene rings is 1. The van der Waals surface area contributed by atoms with E-state index in [0.717, 1.165) is 10.6 Å². The predicted octanol–water partition coefficient (Wildman–Crippen LogP) is 1.23. The largest absolute Gasteiger partial charge is 0.318 e. The second-order valence-electron chi connectivity index (χ2n) is 3.32. The van der Waals surface area contributed by atoms with Crippen molar-refractivity contribution in [2.45, 2.75) is 13.0 Å². The van der Waals surface area contributed by atoms with Crippen LogP contribution in [0.2, 0.25) is 0 Å². The molecule has 0 aliphatic heterocycles. The Hall–Kier alpha value is -1.20. The van der Waals surface area contributed by atoms with Gasteiger partial charge in [-0.2, -0.15) is 0 Å². The van der Waals surface area contributed by atoms with Crippen molar-refractivity contribution in [1.82, 2.24) is 15.0 Å². The molecular formula is C9H12N4S. The molecule has 4 nitrogen and oxygen atoms in total. The number of hydrogen-bond acceptors (Lipinski definition) is 4. The van der Waals surface area contributed by atoms with E-state index in [9.17, 15) is 0 Å². The Kier molecular flexibility index (Phi) is 2.35. The normalized spacial score (nSPS) is 13.1. The van der Waals surface area contributed by atoms with E-state index in [1.165, 1.54) is 5.56 Å². The first-order chi connectivity index (χ1) is 6.66. The maximum atomic E-state index is 6.04. The summed E-state index contributed by atoms with van der Waals surface area (Å²) < 4.78 is 1.66. The van der Waals surface area contributed by atoms with E-state index >= 15 is 0 Å². The highest BCUT2D eigenvalue weighted by Crippen LogP contribution is 2.23. The molecule has 0 saturated carbocycles. The topological polar surface area (TPSA) is 56.7 Å². The van der Waals surface area contributed by atoms with Gasteiger partial charge in [-0.3, -0.25) is 4.68 Å². The van der Waals surface area contributed by atoms with E-state index < -0.39 is 0 Å². The number of hydrogen-bond donors (Lipinski definition) is 1. The molecule has 0 amide bonds. The van der Waals surface area contributed by atoms with Crippen molar-refractivity contribution in [3.63, 3.8) is 0 Å². The Morgan fingerprint density at radius 3 is 2.86 bits per heavy atom. The third-order valence-electron chi connectivity index (χ3n) is 2.00. The molecule has 0 fully saturated rings. The zero-order chi connectivity index (χ0) is 10.1. The molecule has 0 radical (unpaired) electrons. The van der Waals surface area contributed by atoms with E-state index in [1.54, 1.807) is 16.0 Å². The van der Waals surface area contributed by atoms with Gasteiger partial charge in [0.1, 0.15) is 5.69 Å². The zero-order valence-electron chi connectivity index (χ0n) is 8.14. The average molecular weight is 208 g/mol. The first-order valence-electron chi connectivity index (χ1n) is 4.33. The summed E-state index contributed by atoms with van der Waals surface area (Å²) in [6.45, 7) is 2.06.